The molecule has 3 aromatic rings. The minimum Gasteiger partial charge on any atom is -0.457 e. The summed E-state index contributed by atoms with van der Waals surface area (Å²) in [6.07, 6.45) is 1.72. The molecule has 30 heavy (non-hydrogen) atoms. The van der Waals surface area contributed by atoms with Crippen LogP contribution in [0.25, 0.3) is 11.0 Å². The van der Waals surface area contributed by atoms with Gasteiger partial charge in [-0.1, -0.05) is 22.0 Å². The number of hydrogen-bond acceptors (Lipinski definition) is 4. The molecule has 2 aliphatic rings. The van der Waals surface area contributed by atoms with Gasteiger partial charge >= 0.3 is 6.09 Å². The van der Waals surface area contributed by atoms with Crippen LogP contribution in [0.4, 0.5) is 4.79 Å². The van der Waals surface area contributed by atoms with E-state index < -0.39 is 5.60 Å². The van der Waals surface area contributed by atoms with Crippen LogP contribution in [0.3, 0.4) is 0 Å². The number of H-pyrrole nitrogens is 1. The van der Waals surface area contributed by atoms with Crippen LogP contribution < -0.4 is 4.74 Å². The number of aromatic amines is 1. The van der Waals surface area contributed by atoms with Gasteiger partial charge in [0.15, 0.2) is 0 Å². The molecule has 0 radical (unpaired) electrons. The standard InChI is InChI=1S/C23H24BrN3O3/c1-23(2,3)30-22(28)27-19-9-13(19)10-20(27)21-25-17-8-7-16(12-18(17)26-21)29-15-6-4-5-14(24)11-15/h4-8,11-13,19-20H,9-10H2,1-3H3,(H,25,26)/t13-,19-,20+/m1/s1. The van der Waals surface area contributed by atoms with Crippen LogP contribution in [0.15, 0.2) is 46.9 Å². The van der Waals surface area contributed by atoms with Crippen LogP contribution in [0.1, 0.15) is 45.5 Å². The summed E-state index contributed by atoms with van der Waals surface area (Å²) < 4.78 is 12.6. The summed E-state index contributed by atoms with van der Waals surface area (Å²) >= 11 is 3.46. The molecule has 1 saturated heterocycles. The number of piperidine rings is 1. The summed E-state index contributed by atoms with van der Waals surface area (Å²) in [5, 5.41) is 0. The summed E-state index contributed by atoms with van der Waals surface area (Å²) in [6, 6.07) is 13.7. The van der Waals surface area contributed by atoms with E-state index in [1.807, 2.05) is 68.1 Å². The number of imidazole rings is 1. The van der Waals surface area contributed by atoms with Gasteiger partial charge in [0.1, 0.15) is 22.9 Å². The summed E-state index contributed by atoms with van der Waals surface area (Å²) in [5.74, 6) is 2.83. The third-order valence-electron chi connectivity index (χ3n) is 5.53. The van der Waals surface area contributed by atoms with Crippen molar-refractivity contribution in [2.45, 2.75) is 51.3 Å². The van der Waals surface area contributed by atoms with Gasteiger partial charge in [-0.05, 0) is 69.9 Å². The van der Waals surface area contributed by atoms with Crippen LogP contribution in [0.5, 0.6) is 11.5 Å². The van der Waals surface area contributed by atoms with E-state index in [1.54, 1.807) is 0 Å². The quantitative estimate of drug-likeness (QED) is 0.496. The van der Waals surface area contributed by atoms with E-state index in [0.717, 1.165) is 45.7 Å². The van der Waals surface area contributed by atoms with Crippen LogP contribution in [0, 0.1) is 5.92 Å². The van der Waals surface area contributed by atoms with Crippen molar-refractivity contribution in [3.8, 4) is 11.5 Å². The van der Waals surface area contributed by atoms with E-state index in [2.05, 4.69) is 20.9 Å². The second-order valence-corrected chi connectivity index (χ2v) is 9.98. The van der Waals surface area contributed by atoms with Gasteiger partial charge in [-0.15, -0.1) is 0 Å². The fourth-order valence-electron chi connectivity index (χ4n) is 4.17. The first-order valence-corrected chi connectivity index (χ1v) is 11.0. The lowest BCUT2D eigenvalue weighted by Crippen LogP contribution is -2.38. The van der Waals surface area contributed by atoms with Crippen LogP contribution in [-0.2, 0) is 4.74 Å². The van der Waals surface area contributed by atoms with Gasteiger partial charge in [0.25, 0.3) is 0 Å². The molecule has 2 heterocycles. The highest BCUT2D eigenvalue weighted by atomic mass is 79.9. The first kappa shape index (κ1) is 19.4. The van der Waals surface area contributed by atoms with Crippen LogP contribution in [-0.4, -0.2) is 32.6 Å². The number of nitrogens with zero attached hydrogens (tertiary/aromatic N) is 2. The number of carbonyl (C=O) groups excluding carboxylic acids is 1. The number of benzene rings is 2. The molecule has 5 rings (SSSR count). The molecule has 1 amide bonds. The predicted octanol–water partition coefficient (Wildman–Crippen LogP) is 6.19. The Labute approximate surface area is 183 Å². The van der Waals surface area contributed by atoms with Gasteiger partial charge in [-0.25, -0.2) is 9.78 Å². The zero-order chi connectivity index (χ0) is 21.0. The molecule has 6 nitrogen and oxygen atoms in total. The molecule has 1 saturated carbocycles. The lowest BCUT2D eigenvalue weighted by molar-refractivity contribution is 0.0175. The number of ether oxygens (including phenoxy) is 2. The minimum absolute atomic E-state index is 0.0783. The first-order chi connectivity index (χ1) is 14.3. The number of fused-ring (bicyclic) bond motifs is 2. The van der Waals surface area contributed by atoms with E-state index in [1.165, 1.54) is 0 Å². The second-order valence-electron chi connectivity index (χ2n) is 9.06. The van der Waals surface area contributed by atoms with Gasteiger partial charge in [-0.3, -0.25) is 4.90 Å². The highest BCUT2D eigenvalue weighted by Crippen LogP contribution is 2.53. The van der Waals surface area contributed by atoms with Crippen molar-refractivity contribution in [2.24, 2.45) is 5.92 Å². The van der Waals surface area contributed by atoms with Crippen molar-refractivity contribution < 1.29 is 14.3 Å². The van der Waals surface area contributed by atoms with Crippen molar-refractivity contribution >= 4 is 33.1 Å². The highest BCUT2D eigenvalue weighted by molar-refractivity contribution is 9.10. The molecule has 156 valence electrons. The van der Waals surface area contributed by atoms with E-state index in [4.69, 9.17) is 14.5 Å². The van der Waals surface area contributed by atoms with Gasteiger partial charge in [-0.2, -0.15) is 0 Å². The summed E-state index contributed by atoms with van der Waals surface area (Å²) in [6.45, 7) is 5.69. The fraction of sp³-hybridized carbons (Fsp3) is 0.391. The topological polar surface area (TPSA) is 67.4 Å². The van der Waals surface area contributed by atoms with Crippen molar-refractivity contribution in [3.05, 3.63) is 52.8 Å². The lowest BCUT2D eigenvalue weighted by atomic mass is 10.1. The zero-order valence-electron chi connectivity index (χ0n) is 17.2. The third kappa shape index (κ3) is 3.78. The summed E-state index contributed by atoms with van der Waals surface area (Å²) in [5.41, 5.74) is 1.24. The average molecular weight is 470 g/mol. The number of likely N-dealkylation sites (tertiary alicyclic amines) is 1. The Balaban J connectivity index is 1.40. The van der Waals surface area contributed by atoms with E-state index in [9.17, 15) is 4.79 Å². The monoisotopic (exact) mass is 469 g/mol. The molecule has 3 atom stereocenters. The Kier molecular flexibility index (Phi) is 4.54. The normalized spacial score (nSPS) is 22.8. The molecule has 2 fully saturated rings. The number of halogens is 1. The van der Waals surface area contributed by atoms with Crippen LogP contribution in [0.2, 0.25) is 0 Å². The first-order valence-electron chi connectivity index (χ1n) is 10.2. The van der Waals surface area contributed by atoms with Gasteiger partial charge in [0.05, 0.1) is 17.1 Å². The van der Waals surface area contributed by atoms with Gasteiger partial charge in [0.2, 0.25) is 0 Å². The average Bonchev–Trinajstić information content (AvgIpc) is 3.12. The lowest BCUT2D eigenvalue weighted by Gasteiger charge is -2.29. The molecule has 7 heteroatoms. The van der Waals surface area contributed by atoms with Crippen molar-refractivity contribution in [1.29, 1.82) is 0 Å². The fourth-order valence-corrected chi connectivity index (χ4v) is 4.55. The van der Waals surface area contributed by atoms with E-state index >= 15 is 0 Å². The van der Waals surface area contributed by atoms with Crippen molar-refractivity contribution in [2.75, 3.05) is 0 Å². The molecule has 1 aromatic heterocycles. The molecule has 0 bridgehead atoms. The molecule has 0 unspecified atom stereocenters. The molecular weight excluding hydrogens is 446 g/mol. The van der Waals surface area contributed by atoms with Gasteiger partial charge < -0.3 is 14.5 Å². The summed E-state index contributed by atoms with van der Waals surface area (Å²) in [4.78, 5) is 22.9. The molecule has 1 aliphatic carbocycles. The van der Waals surface area contributed by atoms with E-state index in [-0.39, 0.29) is 18.2 Å². The minimum atomic E-state index is -0.513. The number of hydrogen-bond donors (Lipinski definition) is 1. The number of aromatic nitrogens is 2. The molecule has 2 aromatic carbocycles. The van der Waals surface area contributed by atoms with Gasteiger partial charge in [0, 0.05) is 16.6 Å². The maximum atomic E-state index is 12.8. The van der Waals surface area contributed by atoms with Crippen molar-refractivity contribution in [3.63, 3.8) is 0 Å². The van der Waals surface area contributed by atoms with E-state index in [0.29, 0.717) is 5.92 Å². The molecular formula is C23H24BrN3O3. The SMILES string of the molecule is CC(C)(C)OC(=O)N1[C@@H]2C[C@@H]2C[C@H]1c1nc2cc(Oc3cccc(Br)c3)ccc2[nH]1. The predicted molar refractivity (Wildman–Crippen MR) is 118 cm³/mol. The number of nitrogens with one attached hydrogen (secondary N) is 1. The van der Waals surface area contributed by atoms with Crippen LogP contribution >= 0.6 is 15.9 Å². The largest absolute Gasteiger partial charge is 0.457 e. The Morgan fingerprint density at radius 1 is 1.17 bits per heavy atom. The molecule has 1 aliphatic heterocycles. The smallest absolute Gasteiger partial charge is 0.411 e. The number of carbonyl (C=O) groups is 1. The number of rotatable bonds is 3. The maximum Gasteiger partial charge on any atom is 0.411 e. The molecule has 0 spiro atoms. The molecule has 1 N–H and O–H groups in total. The Morgan fingerprint density at radius 3 is 2.73 bits per heavy atom. The Hall–Kier alpha value is -2.54. The second kappa shape index (κ2) is 7.01. The summed E-state index contributed by atoms with van der Waals surface area (Å²) in [7, 11) is 0. The van der Waals surface area contributed by atoms with Crippen molar-refractivity contribution in [1.82, 2.24) is 14.9 Å². The third-order valence-corrected chi connectivity index (χ3v) is 6.02. The maximum absolute atomic E-state index is 12.8. The number of amides is 1. The zero-order valence-corrected chi connectivity index (χ0v) is 18.8. The Morgan fingerprint density at radius 2 is 1.97 bits per heavy atom. The Bertz CT molecular complexity index is 1120. The highest BCUT2D eigenvalue weighted by Gasteiger charge is 2.56.